The molecule has 0 spiro atoms. The van der Waals surface area contributed by atoms with Gasteiger partial charge < -0.3 is 20.7 Å². The molecule has 1 aliphatic rings. The minimum absolute atomic E-state index is 0.243. The van der Waals surface area contributed by atoms with E-state index in [2.05, 4.69) is 16.0 Å². The number of hydrogen-bond donors (Lipinski definition) is 3. The molecule has 1 unspecified atom stereocenters. The van der Waals surface area contributed by atoms with Gasteiger partial charge >= 0.3 is 0 Å². The van der Waals surface area contributed by atoms with Crippen LogP contribution in [-0.4, -0.2) is 17.6 Å². The second-order valence-corrected chi connectivity index (χ2v) is 6.85. The first-order valence-electron chi connectivity index (χ1n) is 8.56. The average Bonchev–Trinajstić information content (AvgIpc) is 2.63. The topological polar surface area (TPSA) is 62.4 Å². The molecule has 1 amide bonds. The normalized spacial score (nSPS) is 16.4. The van der Waals surface area contributed by atoms with Gasteiger partial charge in [-0.2, -0.15) is 0 Å². The molecule has 27 heavy (non-hydrogen) atoms. The summed E-state index contributed by atoms with van der Waals surface area (Å²) in [5, 5.41) is 10.2. The molecule has 0 bridgehead atoms. The standard InChI is InChI=1S/C20H20ClN3O2S/c1-3-26-16-10-5-4-9-15(16)23-19(25)17-12(2)22-20(27)24-18(17)13-7-6-8-14(21)11-13/h4-11,18H,3H2,1-2H3,(H,23,25)(H2,22,24,27). The van der Waals surface area contributed by atoms with Crippen molar-refractivity contribution in [3.05, 3.63) is 70.4 Å². The number of anilines is 1. The zero-order valence-electron chi connectivity index (χ0n) is 15.0. The molecule has 1 aliphatic heterocycles. The van der Waals surface area contributed by atoms with Gasteiger partial charge in [-0.05, 0) is 55.9 Å². The summed E-state index contributed by atoms with van der Waals surface area (Å²) in [4.78, 5) is 13.1. The van der Waals surface area contributed by atoms with Crippen molar-refractivity contribution in [2.24, 2.45) is 0 Å². The third-order valence-corrected chi connectivity index (χ3v) is 4.59. The van der Waals surface area contributed by atoms with Crippen LogP contribution < -0.4 is 20.7 Å². The average molecular weight is 402 g/mol. The highest BCUT2D eigenvalue weighted by Crippen LogP contribution is 2.31. The van der Waals surface area contributed by atoms with Gasteiger partial charge in [-0.1, -0.05) is 35.9 Å². The summed E-state index contributed by atoms with van der Waals surface area (Å²) in [5.74, 6) is 0.380. The molecule has 0 aliphatic carbocycles. The number of nitrogens with one attached hydrogen (secondary N) is 3. The highest BCUT2D eigenvalue weighted by atomic mass is 35.5. The van der Waals surface area contributed by atoms with Crippen LogP contribution in [0.5, 0.6) is 5.75 Å². The van der Waals surface area contributed by atoms with Crippen LogP contribution in [0.1, 0.15) is 25.5 Å². The molecule has 0 radical (unpaired) electrons. The largest absolute Gasteiger partial charge is 0.492 e. The van der Waals surface area contributed by atoms with Crippen LogP contribution in [0.2, 0.25) is 5.02 Å². The minimum atomic E-state index is -0.406. The summed E-state index contributed by atoms with van der Waals surface area (Å²) in [6.45, 7) is 4.24. The number of rotatable bonds is 5. The number of allylic oxidation sites excluding steroid dienone is 1. The van der Waals surface area contributed by atoms with Gasteiger partial charge in [0.2, 0.25) is 0 Å². The van der Waals surface area contributed by atoms with Gasteiger partial charge in [0.25, 0.3) is 5.91 Å². The van der Waals surface area contributed by atoms with Gasteiger partial charge in [-0.15, -0.1) is 0 Å². The minimum Gasteiger partial charge on any atom is -0.492 e. The quantitative estimate of drug-likeness (QED) is 0.656. The van der Waals surface area contributed by atoms with Gasteiger partial charge in [0, 0.05) is 10.7 Å². The van der Waals surface area contributed by atoms with E-state index in [0.29, 0.717) is 39.4 Å². The van der Waals surface area contributed by atoms with Crippen molar-refractivity contribution < 1.29 is 9.53 Å². The number of amides is 1. The molecule has 5 nitrogen and oxygen atoms in total. The van der Waals surface area contributed by atoms with Crippen molar-refractivity contribution in [1.29, 1.82) is 0 Å². The number of carbonyl (C=O) groups excluding carboxylic acids is 1. The van der Waals surface area contributed by atoms with E-state index >= 15 is 0 Å². The molecular weight excluding hydrogens is 382 g/mol. The Morgan fingerprint density at radius 3 is 2.78 bits per heavy atom. The van der Waals surface area contributed by atoms with E-state index < -0.39 is 6.04 Å². The third kappa shape index (κ3) is 4.40. The fourth-order valence-electron chi connectivity index (χ4n) is 2.97. The number of hydrogen-bond acceptors (Lipinski definition) is 3. The molecule has 7 heteroatoms. The van der Waals surface area contributed by atoms with E-state index in [0.717, 1.165) is 5.56 Å². The lowest BCUT2D eigenvalue weighted by Crippen LogP contribution is -2.45. The first-order valence-corrected chi connectivity index (χ1v) is 9.35. The zero-order chi connectivity index (χ0) is 19.4. The monoisotopic (exact) mass is 401 g/mol. The molecule has 3 N–H and O–H groups in total. The Labute approximate surface area is 168 Å². The van der Waals surface area contributed by atoms with Crippen LogP contribution in [0, 0.1) is 0 Å². The molecule has 1 atom stereocenters. The molecular formula is C20H20ClN3O2S. The van der Waals surface area contributed by atoms with Crippen molar-refractivity contribution in [2.45, 2.75) is 19.9 Å². The SMILES string of the molecule is CCOc1ccccc1NC(=O)C1=C(C)NC(=S)NC1c1cccc(Cl)c1. The Morgan fingerprint density at radius 2 is 2.04 bits per heavy atom. The van der Waals surface area contributed by atoms with Crippen molar-refractivity contribution in [3.63, 3.8) is 0 Å². The molecule has 3 rings (SSSR count). The highest BCUT2D eigenvalue weighted by molar-refractivity contribution is 7.80. The summed E-state index contributed by atoms with van der Waals surface area (Å²) in [5.41, 5.74) is 2.70. The molecule has 0 aromatic heterocycles. The van der Waals surface area contributed by atoms with E-state index in [9.17, 15) is 4.79 Å². The summed E-state index contributed by atoms with van der Waals surface area (Å²) in [6, 6.07) is 14.3. The summed E-state index contributed by atoms with van der Waals surface area (Å²) in [6.07, 6.45) is 0. The van der Waals surface area contributed by atoms with Crippen molar-refractivity contribution in [2.75, 3.05) is 11.9 Å². The first-order chi connectivity index (χ1) is 13.0. The van der Waals surface area contributed by atoms with Gasteiger partial charge in [-0.3, -0.25) is 4.79 Å². The lowest BCUT2D eigenvalue weighted by Gasteiger charge is -2.30. The molecule has 2 aromatic carbocycles. The fraction of sp³-hybridized carbons (Fsp3) is 0.200. The van der Waals surface area contributed by atoms with Crippen molar-refractivity contribution in [1.82, 2.24) is 10.6 Å². The molecule has 0 fully saturated rings. The molecule has 1 heterocycles. The maximum atomic E-state index is 13.1. The van der Waals surface area contributed by atoms with Gasteiger partial charge in [0.15, 0.2) is 5.11 Å². The van der Waals surface area contributed by atoms with E-state index in [1.54, 1.807) is 6.07 Å². The number of ether oxygens (including phenoxy) is 1. The second kappa shape index (κ2) is 8.41. The summed E-state index contributed by atoms with van der Waals surface area (Å²) in [7, 11) is 0. The number of halogens is 1. The molecule has 140 valence electrons. The number of para-hydroxylation sites is 2. The predicted octanol–water partition coefficient (Wildman–Crippen LogP) is 4.17. The van der Waals surface area contributed by atoms with Crippen LogP contribution >= 0.6 is 23.8 Å². The lowest BCUT2D eigenvalue weighted by atomic mass is 9.95. The highest BCUT2D eigenvalue weighted by Gasteiger charge is 2.30. The lowest BCUT2D eigenvalue weighted by molar-refractivity contribution is -0.113. The first kappa shape index (κ1) is 19.2. The fourth-order valence-corrected chi connectivity index (χ4v) is 3.44. The maximum absolute atomic E-state index is 13.1. The number of thiocarbonyl (C=S) groups is 1. The van der Waals surface area contributed by atoms with Gasteiger partial charge in [-0.25, -0.2) is 0 Å². The van der Waals surface area contributed by atoms with Crippen LogP contribution in [0.4, 0.5) is 5.69 Å². The van der Waals surface area contributed by atoms with E-state index in [1.165, 1.54) is 0 Å². The third-order valence-electron chi connectivity index (χ3n) is 4.13. The Hall–Kier alpha value is -2.57. The predicted molar refractivity (Wildman–Crippen MR) is 112 cm³/mol. The van der Waals surface area contributed by atoms with Gasteiger partial charge in [0.1, 0.15) is 5.75 Å². The maximum Gasteiger partial charge on any atom is 0.255 e. The molecule has 0 saturated heterocycles. The van der Waals surface area contributed by atoms with E-state index in [-0.39, 0.29) is 5.91 Å². The van der Waals surface area contributed by atoms with Crippen LogP contribution in [-0.2, 0) is 4.79 Å². The van der Waals surface area contributed by atoms with Gasteiger partial charge in [0.05, 0.1) is 23.9 Å². The summed E-state index contributed by atoms with van der Waals surface area (Å²) >= 11 is 11.4. The molecule has 0 saturated carbocycles. The Kier molecular flexibility index (Phi) is 5.98. The summed E-state index contributed by atoms with van der Waals surface area (Å²) < 4.78 is 5.60. The van der Waals surface area contributed by atoms with Crippen LogP contribution in [0.15, 0.2) is 59.8 Å². The second-order valence-electron chi connectivity index (χ2n) is 6.01. The van der Waals surface area contributed by atoms with Crippen LogP contribution in [0.3, 0.4) is 0 Å². The Bertz CT molecular complexity index is 914. The van der Waals surface area contributed by atoms with E-state index in [1.807, 2.05) is 56.3 Å². The Morgan fingerprint density at radius 1 is 1.26 bits per heavy atom. The Balaban J connectivity index is 1.95. The van der Waals surface area contributed by atoms with E-state index in [4.69, 9.17) is 28.6 Å². The van der Waals surface area contributed by atoms with Crippen molar-refractivity contribution in [3.8, 4) is 5.75 Å². The number of benzene rings is 2. The zero-order valence-corrected chi connectivity index (χ0v) is 16.6. The molecule has 2 aromatic rings. The smallest absolute Gasteiger partial charge is 0.255 e. The van der Waals surface area contributed by atoms with Crippen molar-refractivity contribution >= 4 is 40.5 Å². The number of carbonyl (C=O) groups is 1. The van der Waals surface area contributed by atoms with Crippen LogP contribution in [0.25, 0.3) is 0 Å².